The lowest BCUT2D eigenvalue weighted by Crippen LogP contribution is -2.44. The molecule has 0 spiro atoms. The lowest BCUT2D eigenvalue weighted by atomic mass is 10.1. The fourth-order valence-corrected chi connectivity index (χ4v) is 1.60. The van der Waals surface area contributed by atoms with Gasteiger partial charge in [-0.15, -0.1) is 0 Å². The van der Waals surface area contributed by atoms with E-state index in [0.717, 1.165) is 11.3 Å². The van der Waals surface area contributed by atoms with Gasteiger partial charge in [0.1, 0.15) is 10.6 Å². The van der Waals surface area contributed by atoms with Gasteiger partial charge in [0.05, 0.1) is 0 Å². The normalized spacial score (nSPS) is 11.1. The average Bonchev–Trinajstić information content (AvgIpc) is 2.37. The molecule has 0 fully saturated rings. The van der Waals surface area contributed by atoms with Gasteiger partial charge in [-0.05, 0) is 26.0 Å². The highest BCUT2D eigenvalue weighted by Gasteiger charge is 2.30. The van der Waals surface area contributed by atoms with Crippen molar-refractivity contribution in [3.63, 3.8) is 0 Å². The summed E-state index contributed by atoms with van der Waals surface area (Å²) in [6.07, 6.45) is 0. The van der Waals surface area contributed by atoms with Gasteiger partial charge in [-0.25, -0.2) is 0 Å². The molecular formula is C13H18N2O2S. The van der Waals surface area contributed by atoms with Gasteiger partial charge in [0.15, 0.2) is 0 Å². The molecule has 1 aromatic rings. The van der Waals surface area contributed by atoms with Crippen LogP contribution in [-0.4, -0.2) is 30.7 Å². The number of benzene rings is 1. The number of carbonyl (C=O) groups is 1. The average molecular weight is 266 g/mol. The van der Waals surface area contributed by atoms with E-state index in [0.29, 0.717) is 4.99 Å². The molecule has 0 aromatic heterocycles. The van der Waals surface area contributed by atoms with Crippen LogP contribution in [0.1, 0.15) is 19.4 Å². The van der Waals surface area contributed by atoms with Crippen LogP contribution in [0.15, 0.2) is 24.3 Å². The molecule has 98 valence electrons. The van der Waals surface area contributed by atoms with E-state index in [1.165, 1.54) is 12.0 Å². The van der Waals surface area contributed by atoms with Crippen LogP contribution in [0, 0.1) is 0 Å². The van der Waals surface area contributed by atoms with Gasteiger partial charge in [-0.3, -0.25) is 4.79 Å². The minimum absolute atomic E-state index is 0.134. The Hall–Kier alpha value is -1.46. The molecule has 0 bridgehead atoms. The highest BCUT2D eigenvalue weighted by atomic mass is 32.1. The first-order valence-electron chi connectivity index (χ1n) is 5.53. The van der Waals surface area contributed by atoms with Crippen LogP contribution in [0.4, 0.5) is 5.69 Å². The molecule has 0 saturated heterocycles. The summed E-state index contributed by atoms with van der Waals surface area (Å²) >= 11 is 4.92. The molecule has 1 aromatic carbocycles. The summed E-state index contributed by atoms with van der Waals surface area (Å²) in [5.41, 5.74) is 6.17. The van der Waals surface area contributed by atoms with Gasteiger partial charge in [-0.1, -0.05) is 24.4 Å². The van der Waals surface area contributed by atoms with Gasteiger partial charge >= 0.3 is 0 Å². The number of amides is 1. The van der Waals surface area contributed by atoms with Crippen molar-refractivity contribution in [3.8, 4) is 0 Å². The van der Waals surface area contributed by atoms with Crippen LogP contribution in [0.25, 0.3) is 0 Å². The number of hydrogen-bond donors (Lipinski definition) is 1. The Morgan fingerprint density at radius 2 is 2.06 bits per heavy atom. The van der Waals surface area contributed by atoms with Crippen molar-refractivity contribution in [2.24, 2.45) is 5.73 Å². The molecule has 0 atom stereocenters. The van der Waals surface area contributed by atoms with Crippen LogP contribution in [0.2, 0.25) is 0 Å². The Balaban J connectivity index is 3.04. The molecule has 18 heavy (non-hydrogen) atoms. The molecular weight excluding hydrogens is 248 g/mol. The Kier molecular flexibility index (Phi) is 4.43. The lowest BCUT2D eigenvalue weighted by molar-refractivity contribution is -0.136. The van der Waals surface area contributed by atoms with Gasteiger partial charge in [0, 0.05) is 25.4 Å². The number of likely N-dealkylation sites (N-methyl/N-ethyl adjacent to an activating group) is 1. The Morgan fingerprint density at radius 1 is 1.44 bits per heavy atom. The molecule has 0 radical (unpaired) electrons. The lowest BCUT2D eigenvalue weighted by Gasteiger charge is -2.28. The van der Waals surface area contributed by atoms with E-state index in [1.54, 1.807) is 27.0 Å². The molecule has 0 aliphatic heterocycles. The van der Waals surface area contributed by atoms with Gasteiger partial charge in [0.2, 0.25) is 0 Å². The number of nitrogens with two attached hydrogens (primary N) is 1. The maximum Gasteiger partial charge on any atom is 0.258 e. The van der Waals surface area contributed by atoms with Crippen molar-refractivity contribution in [2.75, 3.05) is 19.1 Å². The molecule has 0 aliphatic rings. The quantitative estimate of drug-likeness (QED) is 0.843. The summed E-state index contributed by atoms with van der Waals surface area (Å²) < 4.78 is 5.18. The van der Waals surface area contributed by atoms with E-state index in [1.807, 2.05) is 18.2 Å². The first-order valence-corrected chi connectivity index (χ1v) is 5.93. The van der Waals surface area contributed by atoms with Crippen LogP contribution < -0.4 is 10.6 Å². The molecule has 0 unspecified atom stereocenters. The second-order valence-electron chi connectivity index (χ2n) is 4.49. The van der Waals surface area contributed by atoms with Crippen molar-refractivity contribution < 1.29 is 9.53 Å². The van der Waals surface area contributed by atoms with Crippen molar-refractivity contribution in [3.05, 3.63) is 29.8 Å². The van der Waals surface area contributed by atoms with Gasteiger partial charge < -0.3 is 15.4 Å². The number of nitrogens with zero attached hydrogens (tertiary/aromatic N) is 1. The maximum atomic E-state index is 12.2. The number of hydrogen-bond acceptors (Lipinski definition) is 3. The largest absolute Gasteiger partial charge is 0.389 e. The monoisotopic (exact) mass is 266 g/mol. The third kappa shape index (κ3) is 3.05. The van der Waals surface area contributed by atoms with Crippen LogP contribution >= 0.6 is 12.2 Å². The summed E-state index contributed by atoms with van der Waals surface area (Å²) in [6.45, 7) is 3.45. The summed E-state index contributed by atoms with van der Waals surface area (Å²) in [6, 6.07) is 7.23. The standard InChI is InChI=1S/C13H18N2O2S/c1-13(2,17-4)12(16)15(3)10-7-5-6-9(8-10)11(14)18/h5-8H,1-4H3,(H2,14,18). The molecule has 2 N–H and O–H groups in total. The van der Waals surface area contributed by atoms with Crippen LogP contribution in [0.5, 0.6) is 0 Å². The van der Waals surface area contributed by atoms with Gasteiger partial charge in [0.25, 0.3) is 5.91 Å². The summed E-state index contributed by atoms with van der Waals surface area (Å²) in [7, 11) is 3.21. The summed E-state index contributed by atoms with van der Waals surface area (Å²) in [5.74, 6) is -0.134. The third-order valence-electron chi connectivity index (χ3n) is 2.85. The van der Waals surface area contributed by atoms with E-state index in [2.05, 4.69) is 0 Å². The molecule has 1 amide bonds. The number of thiocarbonyl (C=S) groups is 1. The number of methoxy groups -OCH3 is 1. The topological polar surface area (TPSA) is 55.6 Å². The molecule has 5 heteroatoms. The number of ether oxygens (including phenoxy) is 1. The molecule has 1 rings (SSSR count). The second-order valence-corrected chi connectivity index (χ2v) is 4.93. The van der Waals surface area contributed by atoms with Crippen molar-refractivity contribution in [2.45, 2.75) is 19.4 Å². The first-order chi connectivity index (χ1) is 8.29. The highest BCUT2D eigenvalue weighted by molar-refractivity contribution is 7.80. The summed E-state index contributed by atoms with van der Waals surface area (Å²) in [4.78, 5) is 14.1. The highest BCUT2D eigenvalue weighted by Crippen LogP contribution is 2.20. The maximum absolute atomic E-state index is 12.2. The Morgan fingerprint density at radius 3 is 2.56 bits per heavy atom. The Bertz CT molecular complexity index is 472. The van der Waals surface area contributed by atoms with E-state index >= 15 is 0 Å². The van der Waals surface area contributed by atoms with E-state index < -0.39 is 5.60 Å². The molecule has 0 aliphatic carbocycles. The zero-order chi connectivity index (χ0) is 13.9. The second kappa shape index (κ2) is 5.46. The molecule has 0 saturated carbocycles. The van der Waals surface area contributed by atoms with E-state index in [9.17, 15) is 4.79 Å². The molecule has 4 nitrogen and oxygen atoms in total. The van der Waals surface area contributed by atoms with Crippen LogP contribution in [-0.2, 0) is 9.53 Å². The SMILES string of the molecule is COC(C)(C)C(=O)N(C)c1cccc(C(N)=S)c1. The fraction of sp³-hybridized carbons (Fsp3) is 0.385. The van der Waals surface area contributed by atoms with Crippen LogP contribution in [0.3, 0.4) is 0 Å². The minimum Gasteiger partial charge on any atom is -0.389 e. The van der Waals surface area contributed by atoms with Crippen molar-refractivity contribution in [1.29, 1.82) is 0 Å². The van der Waals surface area contributed by atoms with Crippen molar-refractivity contribution in [1.82, 2.24) is 0 Å². The van der Waals surface area contributed by atoms with Gasteiger partial charge in [-0.2, -0.15) is 0 Å². The summed E-state index contributed by atoms with van der Waals surface area (Å²) in [5, 5.41) is 0. The fourth-order valence-electron chi connectivity index (χ4n) is 1.48. The third-order valence-corrected chi connectivity index (χ3v) is 3.08. The number of carbonyl (C=O) groups excluding carboxylic acids is 1. The predicted octanol–water partition coefficient (Wildman–Crippen LogP) is 1.71. The smallest absolute Gasteiger partial charge is 0.258 e. The Labute approximate surface area is 113 Å². The minimum atomic E-state index is -0.867. The number of rotatable bonds is 4. The number of anilines is 1. The zero-order valence-electron chi connectivity index (χ0n) is 11.1. The van der Waals surface area contributed by atoms with Crippen molar-refractivity contribution >= 4 is 28.8 Å². The zero-order valence-corrected chi connectivity index (χ0v) is 11.9. The predicted molar refractivity (Wildman–Crippen MR) is 76.8 cm³/mol. The van der Waals surface area contributed by atoms with E-state index in [-0.39, 0.29) is 5.91 Å². The molecule has 0 heterocycles. The first kappa shape index (κ1) is 14.6. The van der Waals surface area contributed by atoms with E-state index in [4.69, 9.17) is 22.7 Å².